The second-order valence-electron chi connectivity index (χ2n) is 4.48. The molecule has 0 spiro atoms. The van der Waals surface area contributed by atoms with E-state index in [0.29, 0.717) is 5.69 Å². The molecule has 2 aromatic rings. The largest absolute Gasteiger partial charge is 0.478 e. The highest BCUT2D eigenvalue weighted by atomic mass is 16.4. The number of carboxylic acid groups (broad SMARTS) is 1. The molecule has 0 aliphatic heterocycles. The molecule has 19 heavy (non-hydrogen) atoms. The van der Waals surface area contributed by atoms with Crippen LogP contribution in [0.3, 0.4) is 0 Å². The first-order valence-corrected chi connectivity index (χ1v) is 5.92. The first-order chi connectivity index (χ1) is 8.99. The number of hydrogen-bond donors (Lipinski definition) is 2. The van der Waals surface area contributed by atoms with Gasteiger partial charge in [0, 0.05) is 12.7 Å². The number of nitrogens with two attached hydrogens (primary N) is 1. The van der Waals surface area contributed by atoms with E-state index in [1.165, 1.54) is 6.07 Å². The van der Waals surface area contributed by atoms with E-state index in [0.717, 1.165) is 16.9 Å². The molecule has 0 aliphatic carbocycles. The van der Waals surface area contributed by atoms with Crippen molar-refractivity contribution >= 4 is 23.0 Å². The number of nitrogens with zero attached hydrogens (tertiary/aromatic N) is 1. The monoisotopic (exact) mass is 256 g/mol. The lowest BCUT2D eigenvalue weighted by Gasteiger charge is -2.22. The number of rotatable bonds is 3. The second kappa shape index (κ2) is 5.02. The fourth-order valence-electron chi connectivity index (χ4n) is 1.97. The third kappa shape index (κ3) is 2.68. The molecule has 0 heterocycles. The van der Waals surface area contributed by atoms with Gasteiger partial charge in [-0.1, -0.05) is 12.1 Å². The van der Waals surface area contributed by atoms with Gasteiger partial charge < -0.3 is 15.7 Å². The van der Waals surface area contributed by atoms with Crippen LogP contribution in [-0.4, -0.2) is 18.1 Å². The van der Waals surface area contributed by atoms with Crippen LogP contribution in [0.15, 0.2) is 42.5 Å². The van der Waals surface area contributed by atoms with Gasteiger partial charge in [0.05, 0.1) is 16.9 Å². The number of hydrogen-bond acceptors (Lipinski definition) is 3. The first-order valence-electron chi connectivity index (χ1n) is 5.92. The van der Waals surface area contributed by atoms with Crippen molar-refractivity contribution in [1.29, 1.82) is 0 Å². The molecule has 0 fully saturated rings. The minimum Gasteiger partial charge on any atom is -0.478 e. The van der Waals surface area contributed by atoms with Crippen LogP contribution < -0.4 is 10.6 Å². The Hall–Kier alpha value is -2.49. The number of aryl methyl sites for hydroxylation is 1. The summed E-state index contributed by atoms with van der Waals surface area (Å²) >= 11 is 0. The van der Waals surface area contributed by atoms with E-state index in [1.807, 2.05) is 43.1 Å². The second-order valence-corrected chi connectivity index (χ2v) is 4.48. The van der Waals surface area contributed by atoms with Crippen LogP contribution in [0.2, 0.25) is 0 Å². The average molecular weight is 256 g/mol. The molecule has 98 valence electrons. The molecule has 0 aromatic heterocycles. The molecule has 0 aliphatic rings. The lowest BCUT2D eigenvalue weighted by atomic mass is 10.1. The van der Waals surface area contributed by atoms with Crippen LogP contribution in [0, 0.1) is 6.92 Å². The van der Waals surface area contributed by atoms with Crippen molar-refractivity contribution in [2.75, 3.05) is 17.7 Å². The Labute approximate surface area is 112 Å². The topological polar surface area (TPSA) is 66.6 Å². The zero-order chi connectivity index (χ0) is 14.0. The minimum atomic E-state index is -0.976. The maximum absolute atomic E-state index is 10.9. The summed E-state index contributed by atoms with van der Waals surface area (Å²) in [5.41, 5.74) is 9.53. The number of carbonyl (C=O) groups is 1. The van der Waals surface area contributed by atoms with E-state index in [4.69, 9.17) is 10.8 Å². The molecule has 0 saturated carbocycles. The zero-order valence-electron chi connectivity index (χ0n) is 10.9. The van der Waals surface area contributed by atoms with Gasteiger partial charge in [-0.15, -0.1) is 0 Å². The zero-order valence-corrected chi connectivity index (χ0v) is 10.9. The molecule has 0 unspecified atom stereocenters. The molecular weight excluding hydrogens is 240 g/mol. The summed E-state index contributed by atoms with van der Waals surface area (Å²) in [6.07, 6.45) is 0. The van der Waals surface area contributed by atoms with Crippen molar-refractivity contribution in [3.8, 4) is 0 Å². The van der Waals surface area contributed by atoms with Crippen molar-refractivity contribution in [2.24, 2.45) is 0 Å². The summed E-state index contributed by atoms with van der Waals surface area (Å²) in [5.74, 6) is -0.976. The Morgan fingerprint density at radius 3 is 2.53 bits per heavy atom. The van der Waals surface area contributed by atoms with Crippen molar-refractivity contribution in [3.05, 3.63) is 53.6 Å². The Morgan fingerprint density at radius 2 is 1.95 bits per heavy atom. The summed E-state index contributed by atoms with van der Waals surface area (Å²) in [4.78, 5) is 12.8. The predicted octanol–water partition coefficient (Wildman–Crippen LogP) is 3.04. The highest BCUT2D eigenvalue weighted by Crippen LogP contribution is 2.30. The molecule has 0 bridgehead atoms. The van der Waals surface area contributed by atoms with Crippen LogP contribution in [-0.2, 0) is 0 Å². The Kier molecular flexibility index (Phi) is 3.42. The summed E-state index contributed by atoms with van der Waals surface area (Å²) in [7, 11) is 1.90. The molecule has 4 heteroatoms. The first kappa shape index (κ1) is 13.0. The lowest BCUT2D eigenvalue weighted by molar-refractivity contribution is 0.0697. The van der Waals surface area contributed by atoms with E-state index in [-0.39, 0.29) is 5.56 Å². The van der Waals surface area contributed by atoms with Gasteiger partial charge in [-0.25, -0.2) is 4.79 Å². The molecule has 0 radical (unpaired) electrons. The van der Waals surface area contributed by atoms with Gasteiger partial charge in [0.25, 0.3) is 0 Å². The van der Waals surface area contributed by atoms with Gasteiger partial charge in [0.2, 0.25) is 0 Å². The highest BCUT2D eigenvalue weighted by molar-refractivity contribution is 5.91. The lowest BCUT2D eigenvalue weighted by Crippen LogP contribution is -2.12. The maximum atomic E-state index is 10.9. The number of aromatic carboxylic acids is 1. The molecular formula is C15H16N2O2. The summed E-state index contributed by atoms with van der Waals surface area (Å²) in [5, 5.41) is 8.92. The van der Waals surface area contributed by atoms with E-state index in [1.54, 1.807) is 12.1 Å². The highest BCUT2D eigenvalue weighted by Gasteiger charge is 2.10. The molecule has 3 N–H and O–H groups in total. The quantitative estimate of drug-likeness (QED) is 0.828. The molecule has 0 atom stereocenters. The standard InChI is InChI=1S/C15H16N2O2/c1-10-4-3-5-12(8-10)17(2)14-7-6-11(15(18)19)9-13(14)16/h3-9H,16H2,1-2H3,(H,18,19). The fourth-order valence-corrected chi connectivity index (χ4v) is 1.97. The van der Waals surface area contributed by atoms with Gasteiger partial charge in [-0.3, -0.25) is 0 Å². The molecule has 2 aromatic carbocycles. The molecule has 2 rings (SSSR count). The summed E-state index contributed by atoms with van der Waals surface area (Å²) < 4.78 is 0. The summed E-state index contributed by atoms with van der Waals surface area (Å²) in [6, 6.07) is 12.8. The van der Waals surface area contributed by atoms with Gasteiger partial charge >= 0.3 is 5.97 Å². The van der Waals surface area contributed by atoms with Crippen LogP contribution in [0.1, 0.15) is 15.9 Å². The van der Waals surface area contributed by atoms with Crippen molar-refractivity contribution in [3.63, 3.8) is 0 Å². The molecule has 4 nitrogen and oxygen atoms in total. The van der Waals surface area contributed by atoms with Crippen molar-refractivity contribution < 1.29 is 9.90 Å². The summed E-state index contributed by atoms with van der Waals surface area (Å²) in [6.45, 7) is 2.02. The normalized spacial score (nSPS) is 10.2. The van der Waals surface area contributed by atoms with Crippen molar-refractivity contribution in [1.82, 2.24) is 0 Å². The molecule has 0 amide bonds. The van der Waals surface area contributed by atoms with E-state index in [2.05, 4.69) is 0 Å². The van der Waals surface area contributed by atoms with E-state index in [9.17, 15) is 4.79 Å². The van der Waals surface area contributed by atoms with Crippen LogP contribution >= 0.6 is 0 Å². The van der Waals surface area contributed by atoms with Gasteiger partial charge in [0.1, 0.15) is 0 Å². The SMILES string of the molecule is Cc1cccc(N(C)c2ccc(C(=O)O)cc2N)c1. The fraction of sp³-hybridized carbons (Fsp3) is 0.133. The van der Waals surface area contributed by atoms with Crippen molar-refractivity contribution in [2.45, 2.75) is 6.92 Å². The number of nitrogen functional groups attached to an aromatic ring is 1. The Morgan fingerprint density at radius 1 is 1.21 bits per heavy atom. The smallest absolute Gasteiger partial charge is 0.335 e. The third-order valence-corrected chi connectivity index (χ3v) is 3.02. The number of carboxylic acids is 1. The Balaban J connectivity index is 2.39. The van der Waals surface area contributed by atoms with Gasteiger partial charge in [0.15, 0.2) is 0 Å². The van der Waals surface area contributed by atoms with Gasteiger partial charge in [-0.05, 0) is 42.8 Å². The Bertz CT molecular complexity index is 623. The van der Waals surface area contributed by atoms with E-state index >= 15 is 0 Å². The maximum Gasteiger partial charge on any atom is 0.335 e. The van der Waals surface area contributed by atoms with Crippen LogP contribution in [0.4, 0.5) is 17.1 Å². The average Bonchev–Trinajstić information content (AvgIpc) is 2.37. The van der Waals surface area contributed by atoms with E-state index < -0.39 is 5.97 Å². The molecule has 0 saturated heterocycles. The van der Waals surface area contributed by atoms with Crippen LogP contribution in [0.25, 0.3) is 0 Å². The number of anilines is 3. The minimum absolute atomic E-state index is 0.193. The van der Waals surface area contributed by atoms with Crippen LogP contribution in [0.5, 0.6) is 0 Å². The third-order valence-electron chi connectivity index (χ3n) is 3.02. The predicted molar refractivity (Wildman–Crippen MR) is 77.1 cm³/mol. The number of benzene rings is 2. The van der Waals surface area contributed by atoms with Gasteiger partial charge in [-0.2, -0.15) is 0 Å².